The first-order valence-electron chi connectivity index (χ1n) is 10.8. The number of aromatic nitrogens is 2. The van der Waals surface area contributed by atoms with Gasteiger partial charge in [-0.25, -0.2) is 0 Å². The Morgan fingerprint density at radius 1 is 1.00 bits per heavy atom. The zero-order valence-electron chi connectivity index (χ0n) is 17.6. The molecule has 1 N–H and O–H groups in total. The van der Waals surface area contributed by atoms with Crippen LogP contribution < -0.4 is 5.32 Å². The van der Waals surface area contributed by atoms with Gasteiger partial charge in [-0.3, -0.25) is 19.3 Å². The number of para-hydroxylation sites is 1. The zero-order valence-corrected chi connectivity index (χ0v) is 17.6. The first-order valence-corrected chi connectivity index (χ1v) is 10.8. The normalized spacial score (nSPS) is 16.3. The van der Waals surface area contributed by atoms with Crippen LogP contribution in [0.3, 0.4) is 0 Å². The summed E-state index contributed by atoms with van der Waals surface area (Å²) in [7, 11) is 0. The topological polar surface area (TPSA) is 105 Å². The highest BCUT2D eigenvalue weighted by Crippen LogP contribution is 2.32. The molecule has 2 heterocycles. The number of imide groups is 1. The molecule has 1 aliphatic heterocycles. The van der Waals surface area contributed by atoms with Crippen LogP contribution in [0, 0.1) is 6.92 Å². The van der Waals surface area contributed by atoms with E-state index in [1.165, 1.54) is 11.0 Å². The molecule has 5 rings (SSSR count). The third-order valence-electron chi connectivity index (χ3n) is 6.06. The van der Waals surface area contributed by atoms with E-state index in [2.05, 4.69) is 15.5 Å². The Bertz CT molecular complexity index is 1230. The van der Waals surface area contributed by atoms with Crippen molar-refractivity contribution in [2.24, 2.45) is 0 Å². The molecule has 162 valence electrons. The van der Waals surface area contributed by atoms with Gasteiger partial charge in [0.25, 0.3) is 17.7 Å². The van der Waals surface area contributed by atoms with Crippen LogP contribution in [0.4, 0.5) is 5.69 Å². The van der Waals surface area contributed by atoms with Gasteiger partial charge < -0.3 is 9.84 Å². The lowest BCUT2D eigenvalue weighted by Gasteiger charge is -2.29. The molecule has 0 spiro atoms. The second kappa shape index (κ2) is 8.03. The van der Waals surface area contributed by atoms with Crippen molar-refractivity contribution in [2.45, 2.75) is 45.1 Å². The first-order chi connectivity index (χ1) is 15.5. The minimum atomic E-state index is -0.392. The van der Waals surface area contributed by atoms with Gasteiger partial charge in [-0.15, -0.1) is 0 Å². The van der Waals surface area contributed by atoms with E-state index in [-0.39, 0.29) is 23.4 Å². The molecular weight excluding hydrogens is 408 g/mol. The predicted octanol–water partition coefficient (Wildman–Crippen LogP) is 4.23. The van der Waals surface area contributed by atoms with E-state index in [0.717, 1.165) is 32.1 Å². The standard InChI is InChI=1S/C24H22N4O4/c1-14-25-21(27-32-14)18-9-5-6-10-20(18)26-22(29)15-11-12-17-19(13-15)24(31)28(23(17)30)16-7-3-2-4-8-16/h5-6,9-13,16H,2-4,7-8H2,1H3,(H,26,29). The number of nitrogens with zero attached hydrogens (tertiary/aromatic N) is 3. The number of hydrogen-bond donors (Lipinski definition) is 1. The van der Waals surface area contributed by atoms with Crippen molar-refractivity contribution in [3.8, 4) is 11.4 Å². The summed E-state index contributed by atoms with van der Waals surface area (Å²) in [5, 5.41) is 6.78. The number of aryl methyl sites for hydroxylation is 1. The maximum Gasteiger partial charge on any atom is 0.261 e. The summed E-state index contributed by atoms with van der Waals surface area (Å²) in [5.74, 6) is -0.172. The first kappa shape index (κ1) is 20.1. The molecule has 1 saturated carbocycles. The summed E-state index contributed by atoms with van der Waals surface area (Å²) < 4.78 is 5.05. The average Bonchev–Trinajstić information content (AvgIpc) is 3.35. The Morgan fingerprint density at radius 2 is 1.75 bits per heavy atom. The van der Waals surface area contributed by atoms with Crippen LogP contribution in [0.25, 0.3) is 11.4 Å². The van der Waals surface area contributed by atoms with Gasteiger partial charge in [0.05, 0.1) is 16.8 Å². The molecule has 1 aliphatic carbocycles. The zero-order chi connectivity index (χ0) is 22.2. The molecule has 1 aromatic heterocycles. The molecule has 2 aliphatic rings. The van der Waals surface area contributed by atoms with Crippen LogP contribution in [0.5, 0.6) is 0 Å². The van der Waals surface area contributed by atoms with Crippen molar-refractivity contribution >= 4 is 23.4 Å². The number of fused-ring (bicyclic) bond motifs is 1. The molecule has 0 unspecified atom stereocenters. The van der Waals surface area contributed by atoms with Gasteiger partial charge in [-0.1, -0.05) is 36.6 Å². The monoisotopic (exact) mass is 430 g/mol. The van der Waals surface area contributed by atoms with Crippen LogP contribution >= 0.6 is 0 Å². The number of rotatable bonds is 4. The van der Waals surface area contributed by atoms with E-state index in [1.54, 1.807) is 37.3 Å². The van der Waals surface area contributed by atoms with Gasteiger partial charge in [0.1, 0.15) is 0 Å². The van der Waals surface area contributed by atoms with Crippen molar-refractivity contribution in [3.63, 3.8) is 0 Å². The summed E-state index contributed by atoms with van der Waals surface area (Å²) in [6.07, 6.45) is 4.85. The predicted molar refractivity (Wildman–Crippen MR) is 116 cm³/mol. The molecule has 0 saturated heterocycles. The summed E-state index contributed by atoms with van der Waals surface area (Å²) in [5.41, 5.74) is 2.09. The highest BCUT2D eigenvalue weighted by Gasteiger charge is 2.40. The molecule has 3 amide bonds. The van der Waals surface area contributed by atoms with E-state index in [0.29, 0.717) is 34.1 Å². The Labute approximate surface area is 184 Å². The Balaban J connectivity index is 1.40. The van der Waals surface area contributed by atoms with E-state index < -0.39 is 5.91 Å². The molecule has 8 heteroatoms. The van der Waals surface area contributed by atoms with Gasteiger partial charge in [0.15, 0.2) is 0 Å². The third kappa shape index (κ3) is 3.47. The average molecular weight is 430 g/mol. The van der Waals surface area contributed by atoms with Gasteiger partial charge >= 0.3 is 0 Å². The summed E-state index contributed by atoms with van der Waals surface area (Å²) >= 11 is 0. The quantitative estimate of drug-likeness (QED) is 0.621. The number of anilines is 1. The second-order valence-electron chi connectivity index (χ2n) is 8.17. The van der Waals surface area contributed by atoms with E-state index in [1.807, 2.05) is 6.07 Å². The van der Waals surface area contributed by atoms with Crippen LogP contribution in [-0.2, 0) is 0 Å². The molecule has 0 radical (unpaired) electrons. The SMILES string of the molecule is Cc1nc(-c2ccccc2NC(=O)c2ccc3c(c2)C(=O)N(C2CCCCC2)C3=O)no1. The molecule has 3 aromatic rings. The van der Waals surface area contributed by atoms with Crippen molar-refractivity contribution < 1.29 is 18.9 Å². The number of nitrogens with one attached hydrogen (secondary N) is 1. The van der Waals surface area contributed by atoms with Crippen molar-refractivity contribution in [1.82, 2.24) is 15.0 Å². The summed E-state index contributed by atoms with van der Waals surface area (Å²) in [6.45, 7) is 1.69. The molecule has 0 bridgehead atoms. The Kier molecular flexibility index (Phi) is 5.05. The van der Waals surface area contributed by atoms with Crippen LogP contribution in [-0.4, -0.2) is 38.8 Å². The van der Waals surface area contributed by atoms with Crippen LogP contribution in [0.1, 0.15) is 69.1 Å². The van der Waals surface area contributed by atoms with Gasteiger partial charge in [-0.05, 0) is 43.2 Å². The number of amides is 3. The third-order valence-corrected chi connectivity index (χ3v) is 6.06. The van der Waals surface area contributed by atoms with Crippen molar-refractivity contribution in [3.05, 3.63) is 65.0 Å². The lowest BCUT2D eigenvalue weighted by atomic mass is 9.94. The van der Waals surface area contributed by atoms with Crippen molar-refractivity contribution in [2.75, 3.05) is 5.32 Å². The molecule has 8 nitrogen and oxygen atoms in total. The van der Waals surface area contributed by atoms with E-state index >= 15 is 0 Å². The summed E-state index contributed by atoms with van der Waals surface area (Å²) in [4.78, 5) is 44.5. The second-order valence-corrected chi connectivity index (χ2v) is 8.17. The number of hydrogen-bond acceptors (Lipinski definition) is 6. The van der Waals surface area contributed by atoms with E-state index in [4.69, 9.17) is 4.52 Å². The van der Waals surface area contributed by atoms with Crippen LogP contribution in [0.2, 0.25) is 0 Å². The highest BCUT2D eigenvalue weighted by molar-refractivity contribution is 6.22. The minimum absolute atomic E-state index is 0.0567. The number of carbonyl (C=O) groups excluding carboxylic acids is 3. The van der Waals surface area contributed by atoms with E-state index in [9.17, 15) is 14.4 Å². The maximum atomic E-state index is 13.0. The Morgan fingerprint density at radius 3 is 2.50 bits per heavy atom. The largest absolute Gasteiger partial charge is 0.339 e. The lowest BCUT2D eigenvalue weighted by Crippen LogP contribution is -2.40. The van der Waals surface area contributed by atoms with Gasteiger partial charge in [-0.2, -0.15) is 4.98 Å². The molecular formula is C24H22N4O4. The molecule has 1 fully saturated rings. The Hall–Kier alpha value is -3.81. The number of benzene rings is 2. The minimum Gasteiger partial charge on any atom is -0.339 e. The van der Waals surface area contributed by atoms with Gasteiger partial charge in [0, 0.05) is 24.1 Å². The highest BCUT2D eigenvalue weighted by atomic mass is 16.5. The smallest absolute Gasteiger partial charge is 0.261 e. The fourth-order valence-corrected chi connectivity index (χ4v) is 4.46. The lowest BCUT2D eigenvalue weighted by molar-refractivity contribution is 0.0549. The summed E-state index contributed by atoms with van der Waals surface area (Å²) in [6, 6.07) is 11.7. The maximum absolute atomic E-state index is 13.0. The van der Waals surface area contributed by atoms with Crippen molar-refractivity contribution in [1.29, 1.82) is 0 Å². The fourth-order valence-electron chi connectivity index (χ4n) is 4.46. The van der Waals surface area contributed by atoms with Gasteiger partial charge in [0.2, 0.25) is 11.7 Å². The molecule has 0 atom stereocenters. The number of carbonyl (C=O) groups is 3. The van der Waals surface area contributed by atoms with Crippen LogP contribution in [0.15, 0.2) is 47.0 Å². The molecule has 32 heavy (non-hydrogen) atoms. The fraction of sp³-hybridized carbons (Fsp3) is 0.292. The molecule has 2 aromatic carbocycles.